The van der Waals surface area contributed by atoms with Crippen molar-refractivity contribution in [2.75, 3.05) is 0 Å². The lowest BCUT2D eigenvalue weighted by molar-refractivity contribution is -0.149. The molecular weight excluding hydrogens is 332 g/mol. The van der Waals surface area contributed by atoms with E-state index >= 15 is 0 Å². The van der Waals surface area contributed by atoms with Crippen molar-refractivity contribution in [2.24, 2.45) is 29.1 Å². The van der Waals surface area contributed by atoms with Crippen LogP contribution in [-0.2, 0) is 14.4 Å². The zero-order valence-corrected chi connectivity index (χ0v) is 16.1. The summed E-state index contributed by atoms with van der Waals surface area (Å²) in [6.07, 6.45) is 6.58. The van der Waals surface area contributed by atoms with Crippen LogP contribution in [0.4, 0.5) is 0 Å². The number of carboxylic acids is 1. The molecule has 4 rings (SSSR count). The van der Waals surface area contributed by atoms with Gasteiger partial charge in [-0.3, -0.25) is 14.4 Å². The van der Waals surface area contributed by atoms with Crippen LogP contribution >= 0.6 is 0 Å². The van der Waals surface area contributed by atoms with Gasteiger partial charge in [0, 0.05) is 11.5 Å². The molecule has 0 aromatic rings. The summed E-state index contributed by atoms with van der Waals surface area (Å²) in [7, 11) is 0. The van der Waals surface area contributed by atoms with E-state index in [-0.39, 0.29) is 29.6 Å². The lowest BCUT2D eigenvalue weighted by Gasteiger charge is -2.55. The second-order valence-electron chi connectivity index (χ2n) is 9.40. The van der Waals surface area contributed by atoms with Crippen molar-refractivity contribution in [2.45, 2.75) is 77.8 Å². The molecule has 4 aliphatic carbocycles. The van der Waals surface area contributed by atoms with Crippen molar-refractivity contribution >= 4 is 17.8 Å². The van der Waals surface area contributed by atoms with Gasteiger partial charge in [-0.15, -0.1) is 0 Å². The molecule has 146 valence electrons. The fourth-order valence-electron chi connectivity index (χ4n) is 5.86. The molecule has 4 fully saturated rings. The molecular formula is C20H32N2O4. The van der Waals surface area contributed by atoms with Crippen LogP contribution in [0.1, 0.15) is 65.7 Å². The largest absolute Gasteiger partial charge is 0.481 e. The number of carboxylic acid groups (broad SMARTS) is 1. The second kappa shape index (κ2) is 7.20. The Bertz CT molecular complexity index is 551. The molecule has 0 heterocycles. The van der Waals surface area contributed by atoms with Gasteiger partial charge in [0.05, 0.1) is 6.42 Å². The van der Waals surface area contributed by atoms with Crippen LogP contribution in [0.25, 0.3) is 0 Å². The number of hydrogen-bond donors (Lipinski definition) is 3. The third-order valence-corrected chi connectivity index (χ3v) is 6.63. The van der Waals surface area contributed by atoms with E-state index in [4.69, 9.17) is 5.11 Å². The SMILES string of the molecule is CC(CC(=O)O)NC(=O)C(NC(=O)C12CC3CC(CC(C3)C1)C2)C(C)C. The molecule has 4 aliphatic rings. The molecule has 0 aliphatic heterocycles. The molecule has 0 aromatic heterocycles. The smallest absolute Gasteiger partial charge is 0.305 e. The van der Waals surface area contributed by atoms with E-state index in [0.717, 1.165) is 19.3 Å². The molecule has 0 saturated heterocycles. The Labute approximate surface area is 155 Å². The van der Waals surface area contributed by atoms with E-state index in [2.05, 4.69) is 10.6 Å². The third kappa shape index (κ3) is 3.89. The number of nitrogens with one attached hydrogen (secondary N) is 2. The Kier molecular flexibility index (Phi) is 5.31. The molecule has 3 N–H and O–H groups in total. The Hall–Kier alpha value is -1.59. The quantitative estimate of drug-likeness (QED) is 0.646. The zero-order valence-electron chi connectivity index (χ0n) is 16.1. The van der Waals surface area contributed by atoms with Gasteiger partial charge >= 0.3 is 5.97 Å². The maximum absolute atomic E-state index is 13.2. The molecule has 6 nitrogen and oxygen atoms in total. The highest BCUT2D eigenvalue weighted by molar-refractivity contribution is 5.90. The summed E-state index contributed by atoms with van der Waals surface area (Å²) in [5, 5.41) is 14.6. The second-order valence-corrected chi connectivity index (χ2v) is 9.40. The third-order valence-electron chi connectivity index (χ3n) is 6.63. The van der Waals surface area contributed by atoms with Crippen LogP contribution in [0, 0.1) is 29.1 Å². The number of hydrogen-bond acceptors (Lipinski definition) is 3. The first-order valence-corrected chi connectivity index (χ1v) is 10.0. The summed E-state index contributed by atoms with van der Waals surface area (Å²) in [6.45, 7) is 5.49. The van der Waals surface area contributed by atoms with E-state index in [1.807, 2.05) is 13.8 Å². The van der Waals surface area contributed by atoms with E-state index < -0.39 is 18.1 Å². The summed E-state index contributed by atoms with van der Waals surface area (Å²) >= 11 is 0. The zero-order chi connectivity index (χ0) is 19.1. The molecule has 2 atom stereocenters. The molecule has 0 spiro atoms. The van der Waals surface area contributed by atoms with Crippen LogP contribution < -0.4 is 10.6 Å². The molecule has 4 bridgehead atoms. The summed E-state index contributed by atoms with van der Waals surface area (Å²) in [5.41, 5.74) is -0.283. The van der Waals surface area contributed by atoms with Crippen molar-refractivity contribution in [1.29, 1.82) is 0 Å². The van der Waals surface area contributed by atoms with Gasteiger partial charge in [0.1, 0.15) is 6.04 Å². The maximum Gasteiger partial charge on any atom is 0.305 e. The molecule has 26 heavy (non-hydrogen) atoms. The fraction of sp³-hybridized carbons (Fsp3) is 0.850. The van der Waals surface area contributed by atoms with E-state index in [1.165, 1.54) is 19.3 Å². The Balaban J connectivity index is 1.65. The van der Waals surface area contributed by atoms with Crippen LogP contribution in [0.2, 0.25) is 0 Å². The molecule has 0 aromatic carbocycles. The summed E-state index contributed by atoms with van der Waals surface area (Å²) in [4.78, 5) is 36.6. The van der Waals surface area contributed by atoms with Gasteiger partial charge in [-0.2, -0.15) is 0 Å². The minimum atomic E-state index is -0.948. The van der Waals surface area contributed by atoms with Gasteiger partial charge in [-0.05, 0) is 69.1 Å². The van der Waals surface area contributed by atoms with Crippen molar-refractivity contribution in [3.63, 3.8) is 0 Å². The molecule has 6 heteroatoms. The minimum Gasteiger partial charge on any atom is -0.481 e. The van der Waals surface area contributed by atoms with Crippen LogP contribution in [-0.4, -0.2) is 35.0 Å². The Morgan fingerprint density at radius 2 is 1.46 bits per heavy atom. The highest BCUT2D eigenvalue weighted by atomic mass is 16.4. The summed E-state index contributed by atoms with van der Waals surface area (Å²) in [5.74, 6) is 0.779. The molecule has 0 radical (unpaired) electrons. The molecule has 2 amide bonds. The van der Waals surface area contributed by atoms with Gasteiger partial charge in [0.2, 0.25) is 11.8 Å². The lowest BCUT2D eigenvalue weighted by atomic mass is 9.49. The van der Waals surface area contributed by atoms with Crippen molar-refractivity contribution in [1.82, 2.24) is 10.6 Å². The number of amides is 2. The Morgan fingerprint density at radius 1 is 0.962 bits per heavy atom. The topological polar surface area (TPSA) is 95.5 Å². The monoisotopic (exact) mass is 364 g/mol. The lowest BCUT2D eigenvalue weighted by Crippen LogP contribution is -2.59. The standard InChI is InChI=1S/C20H32N2O4/c1-11(2)17(18(25)21-12(3)4-16(23)24)22-19(26)20-8-13-5-14(9-20)7-15(6-13)10-20/h11-15,17H,4-10H2,1-3H3,(H,21,25)(H,22,26)(H,23,24). The maximum atomic E-state index is 13.2. The van der Waals surface area contributed by atoms with E-state index in [1.54, 1.807) is 6.92 Å². The fourth-order valence-corrected chi connectivity index (χ4v) is 5.86. The Morgan fingerprint density at radius 3 is 1.88 bits per heavy atom. The number of carbonyl (C=O) groups is 3. The number of aliphatic carboxylic acids is 1. The van der Waals surface area contributed by atoms with E-state index in [9.17, 15) is 14.4 Å². The minimum absolute atomic E-state index is 0.0383. The summed E-state index contributed by atoms with van der Waals surface area (Å²) < 4.78 is 0. The number of carbonyl (C=O) groups excluding carboxylic acids is 2. The first kappa shape index (κ1) is 19.2. The van der Waals surface area contributed by atoms with Crippen molar-refractivity contribution in [3.8, 4) is 0 Å². The number of rotatable bonds is 7. The summed E-state index contributed by atoms with van der Waals surface area (Å²) in [6, 6.07) is -1.08. The normalized spacial score (nSPS) is 34.4. The van der Waals surface area contributed by atoms with Crippen molar-refractivity contribution < 1.29 is 19.5 Å². The van der Waals surface area contributed by atoms with Gasteiger partial charge in [0.15, 0.2) is 0 Å². The predicted octanol–water partition coefficient (Wildman–Crippen LogP) is 2.32. The highest BCUT2D eigenvalue weighted by Crippen LogP contribution is 2.60. The van der Waals surface area contributed by atoms with Gasteiger partial charge in [-0.1, -0.05) is 13.8 Å². The molecule has 2 unspecified atom stereocenters. The van der Waals surface area contributed by atoms with Crippen LogP contribution in [0.15, 0.2) is 0 Å². The van der Waals surface area contributed by atoms with Gasteiger partial charge in [0.25, 0.3) is 0 Å². The van der Waals surface area contributed by atoms with Crippen molar-refractivity contribution in [3.05, 3.63) is 0 Å². The highest BCUT2D eigenvalue weighted by Gasteiger charge is 2.55. The average molecular weight is 364 g/mol. The van der Waals surface area contributed by atoms with Crippen LogP contribution in [0.5, 0.6) is 0 Å². The molecule has 4 saturated carbocycles. The predicted molar refractivity (Wildman–Crippen MR) is 97.2 cm³/mol. The van der Waals surface area contributed by atoms with Crippen LogP contribution in [0.3, 0.4) is 0 Å². The van der Waals surface area contributed by atoms with Gasteiger partial charge < -0.3 is 15.7 Å². The van der Waals surface area contributed by atoms with Gasteiger partial charge in [-0.25, -0.2) is 0 Å². The average Bonchev–Trinajstić information content (AvgIpc) is 2.49. The first-order valence-electron chi connectivity index (χ1n) is 10.0. The first-order chi connectivity index (χ1) is 12.2. The van der Waals surface area contributed by atoms with E-state index in [0.29, 0.717) is 17.8 Å².